The summed E-state index contributed by atoms with van der Waals surface area (Å²) in [5.41, 5.74) is 1.34. The van der Waals surface area contributed by atoms with E-state index in [1.165, 1.54) is 16.8 Å². The van der Waals surface area contributed by atoms with Gasteiger partial charge in [-0.25, -0.2) is 9.07 Å². The lowest BCUT2D eigenvalue weighted by molar-refractivity contribution is 0.625. The molecular weight excluding hydrogens is 313 g/mol. The molecule has 6 heteroatoms. The third kappa shape index (κ3) is 3.41. The Kier molecular flexibility index (Phi) is 4.31. The highest BCUT2D eigenvalue weighted by Gasteiger charge is 2.06. The summed E-state index contributed by atoms with van der Waals surface area (Å²) < 4.78 is 14.7. The van der Waals surface area contributed by atoms with Crippen molar-refractivity contribution in [2.45, 2.75) is 6.42 Å². The lowest BCUT2D eigenvalue weighted by Crippen LogP contribution is -2.21. The summed E-state index contributed by atoms with van der Waals surface area (Å²) in [5, 5.41) is 7.03. The molecule has 0 fully saturated rings. The zero-order valence-electron chi connectivity index (χ0n) is 10.4. The summed E-state index contributed by atoms with van der Waals surface area (Å²) in [5.74, 6) is -0.242. The van der Waals surface area contributed by atoms with Crippen molar-refractivity contribution in [2.24, 2.45) is 7.05 Å². The maximum Gasteiger partial charge on any atom is 0.282 e. The number of hydrogen-bond donors (Lipinski definition) is 1. The largest absolute Gasteiger partial charge is 0.382 e. The highest BCUT2D eigenvalue weighted by atomic mass is 79.9. The lowest BCUT2D eigenvalue weighted by Gasteiger charge is -2.08. The van der Waals surface area contributed by atoms with Gasteiger partial charge in [0.15, 0.2) is 0 Å². The van der Waals surface area contributed by atoms with Crippen LogP contribution in [0.4, 0.5) is 10.1 Å². The quantitative estimate of drug-likeness (QED) is 0.938. The average Bonchev–Trinajstić information content (AvgIpc) is 2.39. The molecule has 1 aromatic heterocycles. The number of hydrogen-bond acceptors (Lipinski definition) is 3. The molecule has 1 heterocycles. The molecule has 100 valence electrons. The van der Waals surface area contributed by atoms with Crippen molar-refractivity contribution < 1.29 is 4.39 Å². The number of nitrogens with one attached hydrogen (secondary N) is 1. The second kappa shape index (κ2) is 5.97. The van der Waals surface area contributed by atoms with Gasteiger partial charge in [0.25, 0.3) is 5.56 Å². The van der Waals surface area contributed by atoms with Crippen LogP contribution in [0.3, 0.4) is 0 Å². The van der Waals surface area contributed by atoms with Crippen molar-refractivity contribution in [1.82, 2.24) is 9.78 Å². The second-order valence-electron chi connectivity index (χ2n) is 4.11. The molecule has 0 aliphatic heterocycles. The van der Waals surface area contributed by atoms with Crippen molar-refractivity contribution >= 4 is 21.6 Å². The predicted molar refractivity (Wildman–Crippen MR) is 75.8 cm³/mol. The van der Waals surface area contributed by atoms with Gasteiger partial charge < -0.3 is 5.32 Å². The van der Waals surface area contributed by atoms with Crippen molar-refractivity contribution in [3.63, 3.8) is 0 Å². The minimum Gasteiger partial charge on any atom is -0.382 e. The molecule has 0 aliphatic carbocycles. The molecule has 0 spiro atoms. The van der Waals surface area contributed by atoms with Gasteiger partial charge in [-0.3, -0.25) is 4.79 Å². The van der Waals surface area contributed by atoms with Gasteiger partial charge >= 0.3 is 0 Å². The number of aryl methyl sites for hydroxylation is 1. The molecule has 2 rings (SSSR count). The monoisotopic (exact) mass is 325 g/mol. The van der Waals surface area contributed by atoms with Gasteiger partial charge in [-0.15, -0.1) is 0 Å². The van der Waals surface area contributed by atoms with Crippen LogP contribution in [-0.4, -0.2) is 16.3 Å². The van der Waals surface area contributed by atoms with E-state index in [9.17, 15) is 9.18 Å². The van der Waals surface area contributed by atoms with Gasteiger partial charge in [-0.2, -0.15) is 5.10 Å². The number of nitrogens with zero attached hydrogens (tertiary/aromatic N) is 2. The van der Waals surface area contributed by atoms with E-state index in [-0.39, 0.29) is 11.4 Å². The topological polar surface area (TPSA) is 46.9 Å². The standard InChI is InChI=1S/C13H13BrFN3O/c1-18-13(19)12(14)11(8-17-18)16-6-5-9-3-2-4-10(15)7-9/h2-4,7-8,16H,5-6H2,1H3. The zero-order chi connectivity index (χ0) is 13.8. The number of anilines is 1. The summed E-state index contributed by atoms with van der Waals surface area (Å²) in [7, 11) is 1.59. The van der Waals surface area contributed by atoms with Crippen molar-refractivity contribution in [1.29, 1.82) is 0 Å². The first-order chi connectivity index (χ1) is 9.08. The Labute approximate surface area is 118 Å². The van der Waals surface area contributed by atoms with Crippen LogP contribution >= 0.6 is 15.9 Å². The number of halogens is 2. The molecule has 0 unspecified atom stereocenters. The first-order valence-electron chi connectivity index (χ1n) is 5.78. The van der Waals surface area contributed by atoms with E-state index in [1.54, 1.807) is 19.3 Å². The molecular formula is C13H13BrFN3O. The molecule has 1 N–H and O–H groups in total. The molecule has 0 amide bonds. The van der Waals surface area contributed by atoms with E-state index in [2.05, 4.69) is 26.3 Å². The van der Waals surface area contributed by atoms with Crippen LogP contribution in [0.2, 0.25) is 0 Å². The van der Waals surface area contributed by atoms with Gasteiger partial charge in [-0.05, 0) is 40.0 Å². The molecule has 0 aliphatic rings. The highest BCUT2D eigenvalue weighted by molar-refractivity contribution is 9.10. The molecule has 4 nitrogen and oxygen atoms in total. The lowest BCUT2D eigenvalue weighted by atomic mass is 10.1. The van der Waals surface area contributed by atoms with Crippen molar-refractivity contribution in [3.8, 4) is 0 Å². The third-order valence-corrected chi connectivity index (χ3v) is 3.46. The summed E-state index contributed by atoms with van der Waals surface area (Å²) in [4.78, 5) is 11.6. The molecule has 0 atom stereocenters. The summed E-state index contributed by atoms with van der Waals surface area (Å²) in [6.45, 7) is 0.594. The molecule has 0 radical (unpaired) electrons. The highest BCUT2D eigenvalue weighted by Crippen LogP contribution is 2.15. The van der Waals surface area contributed by atoms with E-state index in [1.807, 2.05) is 6.07 Å². The van der Waals surface area contributed by atoms with Gasteiger partial charge in [0.2, 0.25) is 0 Å². The van der Waals surface area contributed by atoms with E-state index in [0.29, 0.717) is 23.1 Å². The van der Waals surface area contributed by atoms with Crippen LogP contribution < -0.4 is 10.9 Å². The maximum atomic E-state index is 13.0. The van der Waals surface area contributed by atoms with Crippen LogP contribution in [0.15, 0.2) is 39.7 Å². The predicted octanol–water partition coefficient (Wildman–Crippen LogP) is 2.34. The normalized spacial score (nSPS) is 10.5. The average molecular weight is 326 g/mol. The summed E-state index contributed by atoms with van der Waals surface area (Å²) in [6, 6.07) is 6.46. The first-order valence-corrected chi connectivity index (χ1v) is 6.57. The van der Waals surface area contributed by atoms with Crippen LogP contribution in [0, 0.1) is 5.82 Å². The Morgan fingerprint density at radius 3 is 3.00 bits per heavy atom. The SMILES string of the molecule is Cn1ncc(NCCc2cccc(F)c2)c(Br)c1=O. The smallest absolute Gasteiger partial charge is 0.282 e. The molecule has 19 heavy (non-hydrogen) atoms. The second-order valence-corrected chi connectivity index (χ2v) is 4.90. The summed E-state index contributed by atoms with van der Waals surface area (Å²) in [6.07, 6.45) is 2.25. The first kappa shape index (κ1) is 13.7. The van der Waals surface area contributed by atoms with Gasteiger partial charge in [0.1, 0.15) is 10.3 Å². The van der Waals surface area contributed by atoms with Crippen LogP contribution in [0.5, 0.6) is 0 Å². The summed E-state index contributed by atoms with van der Waals surface area (Å²) >= 11 is 3.23. The fraction of sp³-hybridized carbons (Fsp3) is 0.231. The zero-order valence-corrected chi connectivity index (χ0v) is 11.9. The molecule has 0 bridgehead atoms. The molecule has 1 aromatic carbocycles. The minimum atomic E-state index is -0.242. The Balaban J connectivity index is 2.00. The Hall–Kier alpha value is -1.69. The van der Waals surface area contributed by atoms with E-state index in [0.717, 1.165) is 5.56 Å². The van der Waals surface area contributed by atoms with Gasteiger partial charge in [0, 0.05) is 13.6 Å². The fourth-order valence-corrected chi connectivity index (χ4v) is 2.17. The van der Waals surface area contributed by atoms with E-state index in [4.69, 9.17) is 0 Å². The van der Waals surface area contributed by atoms with Gasteiger partial charge in [-0.1, -0.05) is 12.1 Å². The fourth-order valence-electron chi connectivity index (χ4n) is 1.67. The number of benzene rings is 1. The third-order valence-electron chi connectivity index (χ3n) is 2.70. The molecule has 0 saturated heterocycles. The van der Waals surface area contributed by atoms with Crippen LogP contribution in [0.1, 0.15) is 5.56 Å². The van der Waals surface area contributed by atoms with Crippen LogP contribution in [-0.2, 0) is 13.5 Å². The molecule has 0 saturated carbocycles. The Bertz CT molecular complexity index is 642. The van der Waals surface area contributed by atoms with E-state index < -0.39 is 0 Å². The maximum absolute atomic E-state index is 13.0. The molecule has 2 aromatic rings. The van der Waals surface area contributed by atoms with Gasteiger partial charge in [0.05, 0.1) is 11.9 Å². The van der Waals surface area contributed by atoms with E-state index >= 15 is 0 Å². The number of rotatable bonds is 4. The Morgan fingerprint density at radius 2 is 2.26 bits per heavy atom. The minimum absolute atomic E-state index is 0.198. The Morgan fingerprint density at radius 1 is 1.47 bits per heavy atom. The number of aromatic nitrogens is 2. The van der Waals surface area contributed by atoms with Crippen molar-refractivity contribution in [3.05, 3.63) is 56.7 Å². The van der Waals surface area contributed by atoms with Crippen molar-refractivity contribution in [2.75, 3.05) is 11.9 Å². The van der Waals surface area contributed by atoms with Crippen LogP contribution in [0.25, 0.3) is 0 Å².